The molecule has 0 aliphatic rings. The molecule has 0 aliphatic carbocycles. The number of halogens is 4. The SMILES string of the molecule is O=Cc1ccc(-c2ccc(Br)cc2OC(F)(F)F)o1. The van der Waals surface area contributed by atoms with Gasteiger partial charge in [-0.1, -0.05) is 15.9 Å². The molecule has 1 aromatic carbocycles. The smallest absolute Gasteiger partial charge is 0.453 e. The van der Waals surface area contributed by atoms with Gasteiger partial charge in [-0.15, -0.1) is 13.2 Å². The van der Waals surface area contributed by atoms with Crippen molar-refractivity contribution >= 4 is 22.2 Å². The highest BCUT2D eigenvalue weighted by Gasteiger charge is 2.32. The van der Waals surface area contributed by atoms with Gasteiger partial charge in [0.05, 0.1) is 5.56 Å². The number of carbonyl (C=O) groups excluding carboxylic acids is 1. The zero-order valence-corrected chi connectivity index (χ0v) is 10.8. The van der Waals surface area contributed by atoms with E-state index >= 15 is 0 Å². The fraction of sp³-hybridized carbons (Fsp3) is 0.0833. The molecule has 3 nitrogen and oxygen atoms in total. The van der Waals surface area contributed by atoms with E-state index in [4.69, 9.17) is 4.42 Å². The van der Waals surface area contributed by atoms with Crippen molar-refractivity contribution in [1.29, 1.82) is 0 Å². The number of rotatable bonds is 3. The quantitative estimate of drug-likeness (QED) is 0.780. The summed E-state index contributed by atoms with van der Waals surface area (Å²) in [5, 5.41) is 0. The zero-order valence-electron chi connectivity index (χ0n) is 9.20. The van der Waals surface area contributed by atoms with Crippen molar-refractivity contribution in [3.05, 3.63) is 40.6 Å². The molecule has 0 fully saturated rings. The maximum Gasteiger partial charge on any atom is 0.573 e. The van der Waals surface area contributed by atoms with Crippen LogP contribution in [0.15, 0.2) is 39.2 Å². The minimum absolute atomic E-state index is 0.0240. The van der Waals surface area contributed by atoms with Crippen LogP contribution in [0, 0.1) is 0 Å². The number of benzene rings is 1. The third-order valence-electron chi connectivity index (χ3n) is 2.18. The fourth-order valence-corrected chi connectivity index (χ4v) is 1.81. The maximum atomic E-state index is 12.3. The third kappa shape index (κ3) is 3.37. The molecule has 0 unspecified atom stereocenters. The molecule has 0 atom stereocenters. The third-order valence-corrected chi connectivity index (χ3v) is 2.67. The van der Waals surface area contributed by atoms with Gasteiger partial charge in [0.25, 0.3) is 0 Å². The van der Waals surface area contributed by atoms with Crippen molar-refractivity contribution in [3.63, 3.8) is 0 Å². The lowest BCUT2D eigenvalue weighted by Gasteiger charge is -2.12. The molecule has 2 rings (SSSR count). The Labute approximate surface area is 114 Å². The predicted octanol–water partition coefficient (Wildman–Crippen LogP) is 4.42. The maximum absolute atomic E-state index is 12.3. The van der Waals surface area contributed by atoms with Gasteiger partial charge >= 0.3 is 6.36 Å². The first-order valence-corrected chi connectivity index (χ1v) is 5.79. The van der Waals surface area contributed by atoms with E-state index in [1.54, 1.807) is 6.07 Å². The Morgan fingerprint density at radius 3 is 2.53 bits per heavy atom. The van der Waals surface area contributed by atoms with Crippen LogP contribution in [0.2, 0.25) is 0 Å². The van der Waals surface area contributed by atoms with Crippen molar-refractivity contribution in [2.24, 2.45) is 0 Å². The Hall–Kier alpha value is -1.76. The predicted molar refractivity (Wildman–Crippen MR) is 63.9 cm³/mol. The van der Waals surface area contributed by atoms with E-state index in [0.717, 1.165) is 0 Å². The first kappa shape index (κ1) is 13.7. The van der Waals surface area contributed by atoms with E-state index < -0.39 is 12.1 Å². The minimum atomic E-state index is -4.81. The fourth-order valence-electron chi connectivity index (χ4n) is 1.47. The molecule has 0 saturated carbocycles. The Morgan fingerprint density at radius 2 is 1.95 bits per heavy atom. The van der Waals surface area contributed by atoms with Gasteiger partial charge < -0.3 is 9.15 Å². The summed E-state index contributed by atoms with van der Waals surface area (Å²) < 4.78 is 46.4. The van der Waals surface area contributed by atoms with Crippen molar-refractivity contribution in [2.75, 3.05) is 0 Å². The molecule has 2 aromatic rings. The van der Waals surface area contributed by atoms with Crippen LogP contribution in [0.25, 0.3) is 11.3 Å². The van der Waals surface area contributed by atoms with Gasteiger partial charge in [-0.2, -0.15) is 0 Å². The average molecular weight is 335 g/mol. The number of carbonyl (C=O) groups is 1. The van der Waals surface area contributed by atoms with Crippen molar-refractivity contribution < 1.29 is 27.1 Å². The number of aldehydes is 1. The second-order valence-electron chi connectivity index (χ2n) is 3.51. The molecule has 19 heavy (non-hydrogen) atoms. The molecule has 0 N–H and O–H groups in total. The average Bonchev–Trinajstić information content (AvgIpc) is 2.75. The zero-order chi connectivity index (χ0) is 14.0. The minimum Gasteiger partial charge on any atom is -0.453 e. The summed E-state index contributed by atoms with van der Waals surface area (Å²) in [6, 6.07) is 6.88. The number of hydrogen-bond donors (Lipinski definition) is 0. The first-order valence-electron chi connectivity index (χ1n) is 5.00. The summed E-state index contributed by atoms with van der Waals surface area (Å²) in [6.07, 6.45) is -4.34. The van der Waals surface area contributed by atoms with Crippen molar-refractivity contribution in [2.45, 2.75) is 6.36 Å². The van der Waals surface area contributed by atoms with Crippen LogP contribution in [0.1, 0.15) is 10.6 Å². The monoisotopic (exact) mass is 334 g/mol. The van der Waals surface area contributed by atoms with Crippen LogP contribution in [-0.4, -0.2) is 12.6 Å². The van der Waals surface area contributed by atoms with E-state index in [0.29, 0.717) is 10.8 Å². The molecule has 1 aromatic heterocycles. The summed E-state index contributed by atoms with van der Waals surface area (Å²) in [5.74, 6) is -0.265. The molecule has 0 aliphatic heterocycles. The Morgan fingerprint density at radius 1 is 1.21 bits per heavy atom. The first-order chi connectivity index (χ1) is 8.89. The molecule has 0 saturated heterocycles. The van der Waals surface area contributed by atoms with Crippen LogP contribution in [0.5, 0.6) is 5.75 Å². The molecule has 0 spiro atoms. The second-order valence-corrected chi connectivity index (χ2v) is 4.42. The summed E-state index contributed by atoms with van der Waals surface area (Å²) in [5.41, 5.74) is 0.105. The largest absolute Gasteiger partial charge is 0.573 e. The standard InChI is InChI=1S/C12H6BrF3O3/c13-7-1-3-9(10-4-2-8(6-17)18-10)11(5-7)19-12(14,15)16/h1-6H. The van der Waals surface area contributed by atoms with Crippen molar-refractivity contribution in [1.82, 2.24) is 0 Å². The second kappa shape index (κ2) is 5.08. The molecular weight excluding hydrogens is 329 g/mol. The van der Waals surface area contributed by atoms with Gasteiger partial charge in [-0.3, -0.25) is 4.79 Å². The summed E-state index contributed by atoms with van der Waals surface area (Å²) in [4.78, 5) is 10.5. The molecule has 0 radical (unpaired) electrons. The van der Waals surface area contributed by atoms with Gasteiger partial charge in [0.2, 0.25) is 0 Å². The van der Waals surface area contributed by atoms with Gasteiger partial charge in [0.1, 0.15) is 11.5 Å². The molecule has 1 heterocycles. The normalized spacial score (nSPS) is 11.4. The Bertz CT molecular complexity index is 605. The van der Waals surface area contributed by atoms with Gasteiger partial charge in [0.15, 0.2) is 12.0 Å². The van der Waals surface area contributed by atoms with Gasteiger partial charge in [-0.05, 0) is 30.3 Å². The van der Waals surface area contributed by atoms with E-state index in [2.05, 4.69) is 20.7 Å². The number of furan rings is 1. The lowest BCUT2D eigenvalue weighted by atomic mass is 10.1. The lowest BCUT2D eigenvalue weighted by Crippen LogP contribution is -2.17. The highest BCUT2D eigenvalue weighted by atomic mass is 79.9. The summed E-state index contributed by atoms with van der Waals surface area (Å²) in [6.45, 7) is 0. The highest BCUT2D eigenvalue weighted by molar-refractivity contribution is 9.10. The van der Waals surface area contributed by atoms with Crippen molar-refractivity contribution in [3.8, 4) is 17.1 Å². The number of hydrogen-bond acceptors (Lipinski definition) is 3. The molecule has 7 heteroatoms. The highest BCUT2D eigenvalue weighted by Crippen LogP contribution is 2.36. The van der Waals surface area contributed by atoms with Crippen LogP contribution in [0.3, 0.4) is 0 Å². The van der Waals surface area contributed by atoms with E-state index in [-0.39, 0.29) is 17.1 Å². The number of ether oxygens (including phenoxy) is 1. The van der Waals surface area contributed by atoms with E-state index in [1.807, 2.05) is 0 Å². The van der Waals surface area contributed by atoms with Crippen LogP contribution >= 0.6 is 15.9 Å². The lowest BCUT2D eigenvalue weighted by molar-refractivity contribution is -0.274. The number of alkyl halides is 3. The van der Waals surface area contributed by atoms with Crippen LogP contribution in [-0.2, 0) is 0 Å². The molecular formula is C12H6BrF3O3. The molecule has 100 valence electrons. The molecule has 0 bridgehead atoms. The Balaban J connectivity index is 2.47. The Kier molecular flexibility index (Phi) is 3.66. The topological polar surface area (TPSA) is 39.4 Å². The van der Waals surface area contributed by atoms with E-state index in [1.165, 1.54) is 24.3 Å². The van der Waals surface area contributed by atoms with Crippen LogP contribution < -0.4 is 4.74 Å². The summed E-state index contributed by atoms with van der Waals surface area (Å²) in [7, 11) is 0. The van der Waals surface area contributed by atoms with Gasteiger partial charge in [0, 0.05) is 4.47 Å². The summed E-state index contributed by atoms with van der Waals surface area (Å²) >= 11 is 3.06. The van der Waals surface area contributed by atoms with E-state index in [9.17, 15) is 18.0 Å². The van der Waals surface area contributed by atoms with Gasteiger partial charge in [-0.25, -0.2) is 0 Å². The molecule has 0 amide bonds. The van der Waals surface area contributed by atoms with Crippen LogP contribution in [0.4, 0.5) is 13.2 Å².